The minimum Gasteiger partial charge on any atom is -0.357 e. The van der Waals surface area contributed by atoms with Gasteiger partial charge in [0.15, 0.2) is 17.6 Å². The molecule has 9 heteroatoms. The topological polar surface area (TPSA) is 73.8 Å². The summed E-state index contributed by atoms with van der Waals surface area (Å²) in [6, 6.07) is 10.4. The first-order valence-electron chi connectivity index (χ1n) is 10.4. The maximum absolute atomic E-state index is 13.5. The molecule has 0 aromatic heterocycles. The fourth-order valence-electron chi connectivity index (χ4n) is 3.40. The number of carbonyl (C=O) groups excluding carboxylic acids is 2. The summed E-state index contributed by atoms with van der Waals surface area (Å²) in [5.74, 6) is -1.71. The van der Waals surface area contributed by atoms with Crippen molar-refractivity contribution in [1.82, 2.24) is 15.5 Å². The van der Waals surface area contributed by atoms with Gasteiger partial charge in [0.05, 0.1) is 17.2 Å². The Morgan fingerprint density at radius 2 is 1.69 bits per heavy atom. The van der Waals surface area contributed by atoms with Gasteiger partial charge in [-0.2, -0.15) is 0 Å². The quantitative estimate of drug-likeness (QED) is 0.168. The molecule has 2 N–H and O–H groups in total. The molecule has 1 atom stereocenters. The first-order valence-corrected chi connectivity index (χ1v) is 10.4. The molecule has 0 fully saturated rings. The van der Waals surface area contributed by atoms with E-state index in [1.807, 2.05) is 13.8 Å². The molecule has 172 valence electrons. The number of hydrogen-bond acceptors (Lipinski definition) is 3. The lowest BCUT2D eigenvalue weighted by molar-refractivity contribution is 0.0652. The average Bonchev–Trinajstić information content (AvgIpc) is 3.00. The second-order valence-corrected chi connectivity index (χ2v) is 7.31. The molecule has 0 saturated carbocycles. The fraction of sp³-hybridized carbons (Fsp3) is 0.348. The molecule has 0 radical (unpaired) electrons. The average molecular weight is 556 g/mol. The molecule has 1 aliphatic heterocycles. The predicted molar refractivity (Wildman–Crippen MR) is 130 cm³/mol. The number of rotatable bonds is 8. The molecule has 1 unspecified atom stereocenters. The third-order valence-corrected chi connectivity index (χ3v) is 5.08. The molecule has 0 spiro atoms. The number of nitrogens with zero attached hydrogens (tertiary/aromatic N) is 2. The highest BCUT2D eigenvalue weighted by Gasteiger charge is 2.34. The van der Waals surface area contributed by atoms with Crippen molar-refractivity contribution in [2.75, 3.05) is 19.6 Å². The smallest absolute Gasteiger partial charge is 0.261 e. The lowest BCUT2D eigenvalue weighted by Gasteiger charge is -2.18. The minimum atomic E-state index is -0.888. The van der Waals surface area contributed by atoms with E-state index in [-0.39, 0.29) is 41.8 Å². The van der Waals surface area contributed by atoms with Crippen molar-refractivity contribution in [3.63, 3.8) is 0 Å². The van der Waals surface area contributed by atoms with Crippen LogP contribution in [0.3, 0.4) is 0 Å². The first kappa shape index (κ1) is 25.7. The maximum Gasteiger partial charge on any atom is 0.261 e. The van der Waals surface area contributed by atoms with Crippen LogP contribution in [0.4, 0.5) is 8.78 Å². The number of carbonyl (C=O) groups is 2. The summed E-state index contributed by atoms with van der Waals surface area (Å²) in [4.78, 5) is 30.5. The number of aliphatic imine (C=N–C) groups is 1. The van der Waals surface area contributed by atoms with Crippen molar-refractivity contribution >= 4 is 41.8 Å². The summed E-state index contributed by atoms with van der Waals surface area (Å²) in [5.41, 5.74) is 1.51. The van der Waals surface area contributed by atoms with Crippen molar-refractivity contribution in [1.29, 1.82) is 0 Å². The summed E-state index contributed by atoms with van der Waals surface area (Å²) in [7, 11) is 0. The Labute approximate surface area is 203 Å². The number of halogens is 3. The number of amides is 2. The summed E-state index contributed by atoms with van der Waals surface area (Å²) < 4.78 is 26.6. The third kappa shape index (κ3) is 6.02. The molecule has 2 amide bonds. The van der Waals surface area contributed by atoms with E-state index in [9.17, 15) is 18.4 Å². The van der Waals surface area contributed by atoms with Crippen LogP contribution in [0.15, 0.2) is 47.5 Å². The van der Waals surface area contributed by atoms with Gasteiger partial charge in [-0.15, -0.1) is 24.0 Å². The molecule has 3 rings (SSSR count). The van der Waals surface area contributed by atoms with Crippen LogP contribution in [0.1, 0.15) is 59.0 Å². The monoisotopic (exact) mass is 556 g/mol. The third-order valence-electron chi connectivity index (χ3n) is 5.08. The Bertz CT molecular complexity index is 965. The summed E-state index contributed by atoms with van der Waals surface area (Å²) in [5, 5.41) is 6.29. The van der Waals surface area contributed by atoms with Gasteiger partial charge in [-0.25, -0.2) is 8.78 Å². The Balaban J connectivity index is 0.00000363. The highest BCUT2D eigenvalue weighted by molar-refractivity contribution is 14.0. The largest absolute Gasteiger partial charge is 0.357 e. The standard InChI is InChI=1S/C23H26F2N4O2.HI/c1-3-26-23(28-15(2)16-10-11-19(24)20(25)14-16)27-12-6-7-13-29-21(30)17-8-4-5-9-18(17)22(29)31;/h4-5,8-11,14-15H,3,6-7,12-13H2,1-2H3,(H2,26,27,28);1H. The van der Waals surface area contributed by atoms with Crippen LogP contribution in [0.25, 0.3) is 0 Å². The van der Waals surface area contributed by atoms with Crippen molar-refractivity contribution in [3.8, 4) is 0 Å². The maximum atomic E-state index is 13.5. The first-order chi connectivity index (χ1) is 14.9. The van der Waals surface area contributed by atoms with Crippen molar-refractivity contribution < 1.29 is 18.4 Å². The highest BCUT2D eigenvalue weighted by Crippen LogP contribution is 2.22. The molecule has 2 aromatic rings. The Kier molecular flexibility index (Phi) is 9.55. The molecular formula is C23H27F2IN4O2. The molecule has 0 aliphatic carbocycles. The van der Waals surface area contributed by atoms with Crippen LogP contribution in [0.5, 0.6) is 0 Å². The fourth-order valence-corrected chi connectivity index (χ4v) is 3.40. The van der Waals surface area contributed by atoms with Gasteiger partial charge in [-0.05, 0) is 56.5 Å². The zero-order valence-electron chi connectivity index (χ0n) is 18.0. The number of unbranched alkanes of at least 4 members (excludes halogenated alkanes) is 1. The van der Waals surface area contributed by atoms with Crippen molar-refractivity contribution in [2.24, 2.45) is 4.99 Å². The second kappa shape index (κ2) is 11.9. The van der Waals surface area contributed by atoms with Gasteiger partial charge in [0.25, 0.3) is 11.8 Å². The normalized spacial score (nSPS) is 14.1. The minimum absolute atomic E-state index is 0. The van der Waals surface area contributed by atoms with Gasteiger partial charge in [-0.1, -0.05) is 18.2 Å². The van der Waals surface area contributed by atoms with E-state index in [1.54, 1.807) is 24.3 Å². The summed E-state index contributed by atoms with van der Waals surface area (Å²) in [6.07, 6.45) is 1.32. The molecule has 2 aromatic carbocycles. The molecule has 32 heavy (non-hydrogen) atoms. The molecule has 6 nitrogen and oxygen atoms in total. The van der Waals surface area contributed by atoms with E-state index in [4.69, 9.17) is 0 Å². The van der Waals surface area contributed by atoms with Crippen molar-refractivity contribution in [2.45, 2.75) is 32.7 Å². The van der Waals surface area contributed by atoms with Gasteiger partial charge in [-0.3, -0.25) is 19.5 Å². The highest BCUT2D eigenvalue weighted by atomic mass is 127. The van der Waals surface area contributed by atoms with Gasteiger partial charge in [0.1, 0.15) is 0 Å². The van der Waals surface area contributed by atoms with Crippen LogP contribution < -0.4 is 10.6 Å². The number of hydrogen-bond donors (Lipinski definition) is 2. The van der Waals surface area contributed by atoms with E-state index in [0.717, 1.165) is 6.07 Å². The molecule has 0 saturated heterocycles. The van der Waals surface area contributed by atoms with Crippen LogP contribution in [-0.2, 0) is 0 Å². The van der Waals surface area contributed by atoms with Gasteiger partial charge in [0.2, 0.25) is 0 Å². The summed E-state index contributed by atoms with van der Waals surface area (Å²) >= 11 is 0. The molecule has 0 bridgehead atoms. The van der Waals surface area contributed by atoms with E-state index >= 15 is 0 Å². The van der Waals surface area contributed by atoms with Crippen molar-refractivity contribution in [3.05, 3.63) is 70.8 Å². The lowest BCUT2D eigenvalue weighted by Crippen LogP contribution is -2.38. The zero-order chi connectivity index (χ0) is 22.4. The SMILES string of the molecule is CCNC(=NCCCCN1C(=O)c2ccccc2C1=O)NC(C)c1ccc(F)c(F)c1.I. The molecule has 1 aliphatic rings. The van der Waals surface area contributed by atoms with Gasteiger partial charge in [0, 0.05) is 19.6 Å². The number of guanidine groups is 1. The van der Waals surface area contributed by atoms with Crippen LogP contribution in [-0.4, -0.2) is 42.3 Å². The number of nitrogens with one attached hydrogen (secondary N) is 2. The predicted octanol–water partition coefficient (Wildman–Crippen LogP) is 4.28. The van der Waals surface area contributed by atoms with Crippen LogP contribution >= 0.6 is 24.0 Å². The Hall–Kier alpha value is -2.56. The summed E-state index contributed by atoms with van der Waals surface area (Å²) in [6.45, 7) is 5.25. The zero-order valence-corrected chi connectivity index (χ0v) is 20.4. The van der Waals surface area contributed by atoms with E-state index in [1.165, 1.54) is 17.0 Å². The lowest BCUT2D eigenvalue weighted by atomic mass is 10.1. The van der Waals surface area contributed by atoms with Gasteiger partial charge >= 0.3 is 0 Å². The number of fused-ring (bicyclic) bond motifs is 1. The van der Waals surface area contributed by atoms with E-state index in [2.05, 4.69) is 15.6 Å². The molecule has 1 heterocycles. The number of imide groups is 1. The number of benzene rings is 2. The molecular weight excluding hydrogens is 529 g/mol. The van der Waals surface area contributed by atoms with Crippen LogP contribution in [0.2, 0.25) is 0 Å². The Morgan fingerprint density at radius 1 is 1.03 bits per heavy atom. The van der Waals surface area contributed by atoms with E-state index in [0.29, 0.717) is 55.1 Å². The second-order valence-electron chi connectivity index (χ2n) is 7.31. The van der Waals surface area contributed by atoms with Gasteiger partial charge < -0.3 is 10.6 Å². The van der Waals surface area contributed by atoms with Crippen LogP contribution in [0, 0.1) is 11.6 Å². The van der Waals surface area contributed by atoms with E-state index < -0.39 is 11.6 Å². The Morgan fingerprint density at radius 3 is 2.28 bits per heavy atom.